The summed E-state index contributed by atoms with van der Waals surface area (Å²) < 4.78 is 7.18. The number of nitrogens with one attached hydrogen (secondary N) is 1. The second-order valence-electron chi connectivity index (χ2n) is 4.67. The Morgan fingerprint density at radius 2 is 2.20 bits per heavy atom. The van der Waals surface area contributed by atoms with Gasteiger partial charge in [-0.15, -0.1) is 4.91 Å². The number of aliphatic carboxylic acids is 1. The topological polar surface area (TPSA) is 105 Å². The zero-order chi connectivity index (χ0) is 14.8. The lowest BCUT2D eigenvalue weighted by atomic mass is 10.0. The molecule has 1 unspecified atom stereocenters. The van der Waals surface area contributed by atoms with Gasteiger partial charge in [-0.2, -0.15) is 4.98 Å². The monoisotopic (exact) mass is 295 g/mol. The van der Waals surface area contributed by atoms with Crippen molar-refractivity contribution in [1.82, 2.24) is 4.98 Å². The highest BCUT2D eigenvalue weighted by atomic mass is 32.2. The van der Waals surface area contributed by atoms with Crippen molar-refractivity contribution in [1.29, 1.82) is 0 Å². The fourth-order valence-electron chi connectivity index (χ4n) is 1.74. The Morgan fingerprint density at radius 3 is 2.80 bits per heavy atom. The van der Waals surface area contributed by atoms with Gasteiger partial charge in [0.1, 0.15) is 11.6 Å². The van der Waals surface area contributed by atoms with Gasteiger partial charge in [-0.3, -0.25) is 0 Å². The van der Waals surface area contributed by atoms with Gasteiger partial charge < -0.3 is 14.8 Å². The molecular formula is C12H13N3O4S. The maximum absolute atomic E-state index is 11.4. The molecule has 1 aromatic heterocycles. The Bertz CT molecular complexity index is 607. The van der Waals surface area contributed by atoms with Crippen LogP contribution in [0.4, 0.5) is 6.01 Å². The van der Waals surface area contributed by atoms with E-state index in [0.717, 1.165) is 0 Å². The average Bonchev–Trinajstić information content (AvgIpc) is 2.77. The number of carbonyl (C=O) groups is 1. The molecule has 106 valence electrons. The summed E-state index contributed by atoms with van der Waals surface area (Å²) in [5.41, 5.74) is 1.18. The number of aromatic nitrogens is 1. The second-order valence-corrected chi connectivity index (χ2v) is 6.06. The Balaban J connectivity index is 2.28. The molecule has 0 aliphatic rings. The Morgan fingerprint density at radius 1 is 1.50 bits per heavy atom. The van der Waals surface area contributed by atoms with Gasteiger partial charge in [-0.1, -0.05) is 12.1 Å². The van der Waals surface area contributed by atoms with E-state index in [4.69, 9.17) is 4.42 Å². The molecule has 20 heavy (non-hydrogen) atoms. The van der Waals surface area contributed by atoms with Crippen molar-refractivity contribution >= 4 is 35.0 Å². The largest absolute Gasteiger partial charge is 0.480 e. The fourth-order valence-corrected chi connectivity index (χ4v) is 2.20. The number of carboxylic acid groups (broad SMARTS) is 1. The van der Waals surface area contributed by atoms with Crippen LogP contribution in [0.5, 0.6) is 0 Å². The summed E-state index contributed by atoms with van der Waals surface area (Å²) in [7, 11) is 0. The highest BCUT2D eigenvalue weighted by molar-refractivity contribution is 7.99. The molecule has 0 spiro atoms. The van der Waals surface area contributed by atoms with Crippen LogP contribution in [0.1, 0.15) is 13.8 Å². The highest BCUT2D eigenvalue weighted by Gasteiger charge is 2.38. The van der Waals surface area contributed by atoms with Gasteiger partial charge in [0, 0.05) is 16.5 Å². The van der Waals surface area contributed by atoms with Gasteiger partial charge in [-0.25, -0.2) is 4.79 Å². The molecule has 2 N–H and O–H groups in total. The molecule has 1 heterocycles. The SMILES string of the molecule is CC(C)(SN=O)C(Nc1nc2ccccc2o1)C(=O)O. The maximum Gasteiger partial charge on any atom is 0.327 e. The first-order valence-corrected chi connectivity index (χ1v) is 6.57. The summed E-state index contributed by atoms with van der Waals surface area (Å²) in [4.78, 5) is 25.9. The molecule has 2 aromatic rings. The zero-order valence-corrected chi connectivity index (χ0v) is 11.7. The van der Waals surface area contributed by atoms with E-state index in [-0.39, 0.29) is 6.01 Å². The van der Waals surface area contributed by atoms with Gasteiger partial charge in [0.2, 0.25) is 0 Å². The molecule has 1 aromatic carbocycles. The summed E-state index contributed by atoms with van der Waals surface area (Å²) in [6, 6.07) is 6.11. The van der Waals surface area contributed by atoms with Crippen molar-refractivity contribution in [2.24, 2.45) is 4.58 Å². The molecule has 0 saturated carbocycles. The molecule has 0 radical (unpaired) electrons. The Labute approximate surface area is 118 Å². The first kappa shape index (κ1) is 14.3. The summed E-state index contributed by atoms with van der Waals surface area (Å²) >= 11 is 0.653. The average molecular weight is 295 g/mol. The van der Waals surface area contributed by atoms with E-state index >= 15 is 0 Å². The predicted octanol–water partition coefficient (Wildman–Crippen LogP) is 2.89. The predicted molar refractivity (Wildman–Crippen MR) is 76.5 cm³/mol. The zero-order valence-electron chi connectivity index (χ0n) is 10.9. The van der Waals surface area contributed by atoms with Crippen LogP contribution in [0.2, 0.25) is 0 Å². The Hall–Kier alpha value is -2.09. The van der Waals surface area contributed by atoms with E-state index in [9.17, 15) is 14.8 Å². The number of fused-ring (bicyclic) bond motifs is 1. The van der Waals surface area contributed by atoms with Crippen LogP contribution in [0.25, 0.3) is 11.1 Å². The second kappa shape index (κ2) is 5.49. The van der Waals surface area contributed by atoms with Gasteiger partial charge in [0.25, 0.3) is 6.01 Å². The number of nitroso groups, excluding NO2 is 1. The van der Waals surface area contributed by atoms with Gasteiger partial charge >= 0.3 is 5.97 Å². The molecule has 7 nitrogen and oxygen atoms in total. The maximum atomic E-state index is 11.4. The minimum atomic E-state index is -1.12. The fraction of sp³-hybridized carbons (Fsp3) is 0.333. The normalized spacial score (nSPS) is 13.1. The molecule has 0 amide bonds. The van der Waals surface area contributed by atoms with E-state index in [0.29, 0.717) is 23.0 Å². The molecule has 0 aliphatic carbocycles. The van der Waals surface area contributed by atoms with Crippen LogP contribution >= 0.6 is 11.9 Å². The van der Waals surface area contributed by atoms with E-state index in [2.05, 4.69) is 14.9 Å². The lowest BCUT2D eigenvalue weighted by molar-refractivity contribution is -0.138. The van der Waals surface area contributed by atoms with Crippen LogP contribution in [0, 0.1) is 4.91 Å². The minimum Gasteiger partial charge on any atom is -0.480 e. The third kappa shape index (κ3) is 2.90. The molecule has 0 saturated heterocycles. The van der Waals surface area contributed by atoms with E-state index in [1.807, 2.05) is 0 Å². The number of carboxylic acids is 1. The quantitative estimate of drug-likeness (QED) is 0.623. The molecule has 0 bridgehead atoms. The molecule has 2 rings (SSSR count). The highest BCUT2D eigenvalue weighted by Crippen LogP contribution is 2.31. The Kier molecular flexibility index (Phi) is 3.93. The number of hydrogen-bond donors (Lipinski definition) is 2. The van der Waals surface area contributed by atoms with Crippen LogP contribution < -0.4 is 5.32 Å². The lowest BCUT2D eigenvalue weighted by Crippen LogP contribution is -2.45. The van der Waals surface area contributed by atoms with Gasteiger partial charge in [-0.05, 0) is 26.0 Å². The first-order valence-electron chi connectivity index (χ1n) is 5.80. The van der Waals surface area contributed by atoms with E-state index in [1.165, 1.54) is 0 Å². The van der Waals surface area contributed by atoms with Crippen molar-refractivity contribution < 1.29 is 14.3 Å². The minimum absolute atomic E-state index is 0.0955. The molecule has 0 aliphatic heterocycles. The van der Waals surface area contributed by atoms with Crippen LogP contribution in [-0.4, -0.2) is 26.8 Å². The van der Waals surface area contributed by atoms with Crippen molar-refractivity contribution in [2.45, 2.75) is 24.6 Å². The van der Waals surface area contributed by atoms with Crippen LogP contribution in [0.15, 0.2) is 33.3 Å². The molecule has 0 fully saturated rings. The van der Waals surface area contributed by atoms with Crippen molar-refractivity contribution in [3.8, 4) is 0 Å². The molecule has 1 atom stereocenters. The third-order valence-electron chi connectivity index (χ3n) is 2.78. The number of rotatable bonds is 6. The van der Waals surface area contributed by atoms with Crippen LogP contribution in [0.3, 0.4) is 0 Å². The number of anilines is 1. The first-order chi connectivity index (χ1) is 9.44. The van der Waals surface area contributed by atoms with Gasteiger partial charge in [0.05, 0.1) is 4.75 Å². The van der Waals surface area contributed by atoms with Gasteiger partial charge in [0.15, 0.2) is 5.58 Å². The summed E-state index contributed by atoms with van der Waals surface area (Å²) in [5.74, 6) is -1.12. The van der Waals surface area contributed by atoms with Crippen molar-refractivity contribution in [2.75, 3.05) is 5.32 Å². The van der Waals surface area contributed by atoms with Crippen LogP contribution in [-0.2, 0) is 4.79 Å². The number of benzene rings is 1. The summed E-state index contributed by atoms with van der Waals surface area (Å²) in [5, 5.41) is 12.0. The summed E-state index contributed by atoms with van der Waals surface area (Å²) in [6.45, 7) is 3.21. The lowest BCUT2D eigenvalue weighted by Gasteiger charge is -2.27. The summed E-state index contributed by atoms with van der Waals surface area (Å²) in [6.07, 6.45) is 0. The molecular weight excluding hydrogens is 282 g/mol. The number of hydrogen-bond acceptors (Lipinski definition) is 7. The number of oxazole rings is 1. The van der Waals surface area contributed by atoms with Crippen molar-refractivity contribution in [3.63, 3.8) is 0 Å². The number of nitrogens with zero attached hydrogens (tertiary/aromatic N) is 2. The standard InChI is InChI=1S/C12H13N3O4S/c1-12(2,20-15-18)9(10(16)17)14-11-13-7-5-3-4-6-8(7)19-11/h3-6,9H,1-2H3,(H,13,14)(H,16,17). The number of para-hydroxylation sites is 2. The van der Waals surface area contributed by atoms with Crippen molar-refractivity contribution in [3.05, 3.63) is 29.2 Å². The third-order valence-corrected chi connectivity index (χ3v) is 3.56. The smallest absolute Gasteiger partial charge is 0.327 e. The van der Waals surface area contributed by atoms with E-state index in [1.54, 1.807) is 38.1 Å². The molecule has 8 heteroatoms. The van der Waals surface area contributed by atoms with E-state index < -0.39 is 16.8 Å².